The molecule has 1 atom stereocenters. The molecule has 2 N–H and O–H groups in total. The van der Waals surface area contributed by atoms with E-state index in [0.717, 1.165) is 13.1 Å². The van der Waals surface area contributed by atoms with Crippen molar-refractivity contribution in [1.29, 1.82) is 0 Å². The van der Waals surface area contributed by atoms with Crippen LogP contribution in [0.15, 0.2) is 0 Å². The maximum absolute atomic E-state index is 11.1. The van der Waals surface area contributed by atoms with Gasteiger partial charge in [-0.3, -0.25) is 0 Å². The Hall–Kier alpha value is 0.0700. The van der Waals surface area contributed by atoms with Crippen molar-refractivity contribution in [1.82, 2.24) is 4.31 Å². The van der Waals surface area contributed by atoms with Crippen LogP contribution in [0.25, 0.3) is 0 Å². The maximum atomic E-state index is 11.1. The van der Waals surface area contributed by atoms with E-state index in [4.69, 9.17) is 5.73 Å². The predicted octanol–water partition coefficient (Wildman–Crippen LogP) is -0.0494. The largest absolute Gasteiger partial charge is 0.329 e. The first kappa shape index (κ1) is 10.1. The fourth-order valence-electron chi connectivity index (χ4n) is 0.730. The summed E-state index contributed by atoms with van der Waals surface area (Å²) in [5.74, 6) is 0.688. The van der Waals surface area contributed by atoms with Gasteiger partial charge in [-0.15, -0.1) is 0 Å². The molecule has 0 spiro atoms. The summed E-state index contributed by atoms with van der Waals surface area (Å²) in [6, 6.07) is 0. The lowest BCUT2D eigenvalue weighted by atomic mass is 10.6. The normalized spacial score (nSPS) is 14.0. The van der Waals surface area contributed by atoms with E-state index in [9.17, 15) is 4.21 Å². The van der Waals surface area contributed by atoms with Crippen molar-refractivity contribution in [2.75, 3.05) is 25.4 Å². The molecule has 0 radical (unpaired) electrons. The van der Waals surface area contributed by atoms with Crippen LogP contribution >= 0.6 is 0 Å². The molecule has 0 aromatic heterocycles. The maximum Gasteiger partial charge on any atom is 0.0940 e. The Morgan fingerprint density at radius 1 is 1.50 bits per heavy atom. The molecule has 62 valence electrons. The van der Waals surface area contributed by atoms with Crippen molar-refractivity contribution in [2.45, 2.75) is 13.8 Å². The number of likely N-dealkylation sites (N-methyl/N-ethyl adjacent to an activating group) is 1. The monoisotopic (exact) mass is 164 g/mol. The Bertz CT molecular complexity index is 108. The van der Waals surface area contributed by atoms with Crippen molar-refractivity contribution in [3.8, 4) is 0 Å². The highest BCUT2D eigenvalue weighted by Crippen LogP contribution is 1.92. The first-order valence-electron chi connectivity index (χ1n) is 3.59. The van der Waals surface area contributed by atoms with Crippen LogP contribution < -0.4 is 5.73 Å². The average molecular weight is 164 g/mol. The van der Waals surface area contributed by atoms with Gasteiger partial charge in [-0.2, -0.15) is 0 Å². The van der Waals surface area contributed by atoms with Crippen molar-refractivity contribution >= 4 is 11.0 Å². The van der Waals surface area contributed by atoms with Gasteiger partial charge in [0.15, 0.2) is 0 Å². The molecule has 0 aliphatic rings. The standard InChI is InChI=1S/C6H16N2OS/c1-3-8(6-5-7)10(9)4-2/h3-7H2,1-2H3. The molecule has 0 aromatic carbocycles. The second-order valence-electron chi connectivity index (χ2n) is 1.92. The number of nitrogens with two attached hydrogens (primary N) is 1. The minimum atomic E-state index is -0.811. The molecule has 0 aromatic rings. The van der Waals surface area contributed by atoms with E-state index >= 15 is 0 Å². The molecule has 0 aliphatic carbocycles. The van der Waals surface area contributed by atoms with Crippen LogP contribution in [0.2, 0.25) is 0 Å². The zero-order valence-corrected chi connectivity index (χ0v) is 7.49. The van der Waals surface area contributed by atoms with Crippen LogP contribution in [-0.4, -0.2) is 33.9 Å². The van der Waals surface area contributed by atoms with Gasteiger partial charge >= 0.3 is 0 Å². The second-order valence-corrected chi connectivity index (χ2v) is 3.66. The SMILES string of the molecule is CCN(CCN)S(=O)CC. The summed E-state index contributed by atoms with van der Waals surface area (Å²) in [5.41, 5.74) is 5.32. The smallest absolute Gasteiger partial charge is 0.0940 e. The van der Waals surface area contributed by atoms with E-state index < -0.39 is 11.0 Å². The van der Waals surface area contributed by atoms with Gasteiger partial charge in [0.2, 0.25) is 0 Å². The molecule has 10 heavy (non-hydrogen) atoms. The predicted molar refractivity (Wildman–Crippen MR) is 45.0 cm³/mol. The van der Waals surface area contributed by atoms with Gasteiger partial charge in [-0.25, -0.2) is 8.51 Å². The van der Waals surface area contributed by atoms with Crippen molar-refractivity contribution in [2.24, 2.45) is 5.73 Å². The topological polar surface area (TPSA) is 46.3 Å². The summed E-state index contributed by atoms with van der Waals surface area (Å²) in [5, 5.41) is 0. The van der Waals surface area contributed by atoms with E-state index in [2.05, 4.69) is 0 Å². The summed E-state index contributed by atoms with van der Waals surface area (Å²) >= 11 is 0. The van der Waals surface area contributed by atoms with Gasteiger partial charge in [0.05, 0.1) is 11.0 Å². The molecule has 0 fully saturated rings. The molecule has 0 heterocycles. The lowest BCUT2D eigenvalue weighted by Gasteiger charge is -2.16. The Morgan fingerprint density at radius 3 is 2.40 bits per heavy atom. The molecule has 4 heteroatoms. The summed E-state index contributed by atoms with van der Waals surface area (Å²) in [6.07, 6.45) is 0. The third-order valence-electron chi connectivity index (χ3n) is 1.27. The van der Waals surface area contributed by atoms with E-state index in [0.29, 0.717) is 12.3 Å². The number of hydrogen-bond donors (Lipinski definition) is 1. The third kappa shape index (κ3) is 3.29. The Kier molecular flexibility index (Phi) is 5.87. The van der Waals surface area contributed by atoms with Crippen LogP contribution in [0.4, 0.5) is 0 Å². The van der Waals surface area contributed by atoms with Crippen molar-refractivity contribution in [3.63, 3.8) is 0 Å². The summed E-state index contributed by atoms with van der Waals surface area (Å²) in [6.45, 7) is 6.03. The van der Waals surface area contributed by atoms with Crippen LogP contribution in [0.5, 0.6) is 0 Å². The van der Waals surface area contributed by atoms with Gasteiger partial charge in [0.25, 0.3) is 0 Å². The quantitative estimate of drug-likeness (QED) is 0.619. The fraction of sp³-hybridized carbons (Fsp3) is 1.00. The molecular formula is C6H16N2OS. The average Bonchev–Trinajstić information content (AvgIpc) is 1.99. The van der Waals surface area contributed by atoms with E-state index in [1.54, 1.807) is 0 Å². The molecule has 1 unspecified atom stereocenters. The van der Waals surface area contributed by atoms with Crippen molar-refractivity contribution < 1.29 is 4.21 Å². The van der Waals surface area contributed by atoms with Crippen LogP contribution in [0.1, 0.15) is 13.8 Å². The van der Waals surface area contributed by atoms with Crippen LogP contribution in [0, 0.1) is 0 Å². The Labute approximate surface area is 65.2 Å². The third-order valence-corrected chi connectivity index (χ3v) is 2.78. The van der Waals surface area contributed by atoms with E-state index in [-0.39, 0.29) is 0 Å². The highest BCUT2D eigenvalue weighted by molar-refractivity contribution is 7.82. The fourth-order valence-corrected chi connectivity index (χ4v) is 1.69. The molecule has 0 rings (SSSR count). The summed E-state index contributed by atoms with van der Waals surface area (Å²) < 4.78 is 13.0. The lowest BCUT2D eigenvalue weighted by molar-refractivity contribution is 0.476. The molecule has 0 aliphatic heterocycles. The van der Waals surface area contributed by atoms with Gasteiger partial charge in [-0.05, 0) is 0 Å². The van der Waals surface area contributed by atoms with Gasteiger partial charge in [0.1, 0.15) is 0 Å². The molecular weight excluding hydrogens is 148 g/mol. The molecule has 0 saturated carbocycles. The number of rotatable bonds is 5. The minimum Gasteiger partial charge on any atom is -0.329 e. The first-order valence-corrected chi connectivity index (χ1v) is 4.87. The zero-order valence-electron chi connectivity index (χ0n) is 6.67. The number of hydrogen-bond acceptors (Lipinski definition) is 2. The highest BCUT2D eigenvalue weighted by atomic mass is 32.2. The van der Waals surface area contributed by atoms with E-state index in [1.807, 2.05) is 18.2 Å². The van der Waals surface area contributed by atoms with Gasteiger partial charge < -0.3 is 5.73 Å². The first-order chi connectivity index (χ1) is 4.76. The molecule has 3 nitrogen and oxygen atoms in total. The molecule has 0 saturated heterocycles. The minimum absolute atomic E-state index is 0.583. The van der Waals surface area contributed by atoms with E-state index in [1.165, 1.54) is 0 Å². The van der Waals surface area contributed by atoms with Crippen LogP contribution in [0.3, 0.4) is 0 Å². The molecule has 0 bridgehead atoms. The lowest BCUT2D eigenvalue weighted by Crippen LogP contribution is -2.31. The zero-order chi connectivity index (χ0) is 7.98. The Morgan fingerprint density at radius 2 is 2.10 bits per heavy atom. The van der Waals surface area contributed by atoms with Crippen molar-refractivity contribution in [3.05, 3.63) is 0 Å². The summed E-state index contributed by atoms with van der Waals surface area (Å²) in [7, 11) is -0.811. The van der Waals surface area contributed by atoms with Gasteiger partial charge in [0, 0.05) is 25.4 Å². The molecule has 0 amide bonds. The van der Waals surface area contributed by atoms with Crippen LogP contribution in [-0.2, 0) is 11.0 Å². The second kappa shape index (κ2) is 5.82. The van der Waals surface area contributed by atoms with Gasteiger partial charge in [-0.1, -0.05) is 13.8 Å². The summed E-state index contributed by atoms with van der Waals surface area (Å²) in [4.78, 5) is 0. The Balaban J connectivity index is 3.68. The number of nitrogens with zero attached hydrogens (tertiary/aromatic N) is 1. The highest BCUT2D eigenvalue weighted by Gasteiger charge is 2.05.